The Hall–Kier alpha value is -3.82. The summed E-state index contributed by atoms with van der Waals surface area (Å²) in [5.74, 6) is 0.612. The Morgan fingerprint density at radius 3 is 2.69 bits per heavy atom. The first kappa shape index (κ1) is 17.3. The zero-order valence-electron chi connectivity index (χ0n) is 14.9. The fourth-order valence-electron chi connectivity index (χ4n) is 3.23. The third-order valence-corrected chi connectivity index (χ3v) is 4.52. The van der Waals surface area contributed by atoms with E-state index in [0.717, 1.165) is 17.6 Å². The van der Waals surface area contributed by atoms with E-state index in [9.17, 15) is 13.2 Å². The summed E-state index contributed by atoms with van der Waals surface area (Å²) in [7, 11) is 0. The van der Waals surface area contributed by atoms with E-state index in [1.165, 1.54) is 11.0 Å². The van der Waals surface area contributed by atoms with E-state index >= 15 is 0 Å². The van der Waals surface area contributed by atoms with Gasteiger partial charge in [0.1, 0.15) is 17.0 Å². The zero-order valence-corrected chi connectivity index (χ0v) is 14.9. The fraction of sp³-hybridized carbons (Fsp3) is 0.105. The number of nitrogens with one attached hydrogen (secondary N) is 1. The Labute approximate surface area is 161 Å². The number of aromatic nitrogens is 7. The number of benzene rings is 1. The van der Waals surface area contributed by atoms with Crippen LogP contribution < -0.4 is 0 Å². The van der Waals surface area contributed by atoms with E-state index in [2.05, 4.69) is 30.0 Å². The highest BCUT2D eigenvalue weighted by atomic mass is 19.4. The second-order valence-corrected chi connectivity index (χ2v) is 6.43. The van der Waals surface area contributed by atoms with Gasteiger partial charge in [-0.05, 0) is 19.1 Å². The standard InChI is InChI=1S/C19H12F3N7/c1-10-27-15(16-17(28-10)25-9-24-16)13-6-12(19(20,21)22)8-23-18(13)29-14-5-3-2-4-11(14)7-26-29/h2-9H,1H3,(H,24,25,27,28). The van der Waals surface area contributed by atoms with E-state index in [1.807, 2.05) is 24.3 Å². The molecular weight excluding hydrogens is 383 g/mol. The van der Waals surface area contributed by atoms with Crippen LogP contribution in [-0.2, 0) is 6.18 Å². The predicted molar refractivity (Wildman–Crippen MR) is 99.3 cm³/mol. The molecule has 1 N–H and O–H groups in total. The van der Waals surface area contributed by atoms with Gasteiger partial charge in [-0.3, -0.25) is 0 Å². The lowest BCUT2D eigenvalue weighted by molar-refractivity contribution is -0.137. The summed E-state index contributed by atoms with van der Waals surface area (Å²) in [5.41, 5.74) is 1.08. The molecule has 0 saturated heterocycles. The van der Waals surface area contributed by atoms with E-state index in [1.54, 1.807) is 13.1 Å². The van der Waals surface area contributed by atoms with Crippen LogP contribution in [0.25, 0.3) is 39.1 Å². The molecule has 0 aliphatic carbocycles. The molecular formula is C19H12F3N7. The highest BCUT2D eigenvalue weighted by Gasteiger charge is 2.33. The number of rotatable bonds is 2. The van der Waals surface area contributed by atoms with Crippen LogP contribution >= 0.6 is 0 Å². The number of hydrogen-bond acceptors (Lipinski definition) is 5. The normalized spacial score (nSPS) is 12.1. The molecule has 0 amide bonds. The Kier molecular flexibility index (Phi) is 3.63. The van der Waals surface area contributed by atoms with Crippen molar-refractivity contribution in [3.63, 3.8) is 0 Å². The van der Waals surface area contributed by atoms with E-state index in [0.29, 0.717) is 22.5 Å². The summed E-state index contributed by atoms with van der Waals surface area (Å²) in [6.45, 7) is 1.65. The second kappa shape index (κ2) is 6.09. The van der Waals surface area contributed by atoms with Crippen molar-refractivity contribution in [3.05, 3.63) is 60.4 Å². The van der Waals surface area contributed by atoms with Gasteiger partial charge in [-0.15, -0.1) is 0 Å². The maximum Gasteiger partial charge on any atom is 0.417 e. The Bertz CT molecular complexity index is 1370. The van der Waals surface area contributed by atoms with E-state index in [-0.39, 0.29) is 17.1 Å². The largest absolute Gasteiger partial charge is 0.417 e. The van der Waals surface area contributed by atoms with Crippen molar-refractivity contribution < 1.29 is 13.2 Å². The van der Waals surface area contributed by atoms with Gasteiger partial charge < -0.3 is 4.98 Å². The van der Waals surface area contributed by atoms with Crippen molar-refractivity contribution in [1.82, 2.24) is 34.7 Å². The second-order valence-electron chi connectivity index (χ2n) is 6.43. The first-order valence-electron chi connectivity index (χ1n) is 8.60. The summed E-state index contributed by atoms with van der Waals surface area (Å²) >= 11 is 0. The van der Waals surface area contributed by atoms with Gasteiger partial charge >= 0.3 is 6.18 Å². The third-order valence-electron chi connectivity index (χ3n) is 4.52. The predicted octanol–water partition coefficient (Wildman–Crippen LogP) is 4.08. The van der Waals surface area contributed by atoms with Gasteiger partial charge in [0.15, 0.2) is 11.5 Å². The molecule has 1 aromatic carbocycles. The quantitative estimate of drug-likeness (QED) is 0.487. The number of H-pyrrole nitrogens is 1. The molecule has 0 saturated carbocycles. The molecule has 0 radical (unpaired) electrons. The molecule has 144 valence electrons. The number of alkyl halides is 3. The van der Waals surface area contributed by atoms with Gasteiger partial charge in [-0.1, -0.05) is 18.2 Å². The monoisotopic (exact) mass is 395 g/mol. The van der Waals surface area contributed by atoms with Crippen molar-refractivity contribution in [2.24, 2.45) is 0 Å². The van der Waals surface area contributed by atoms with Crippen LogP contribution in [0.15, 0.2) is 49.1 Å². The molecule has 5 rings (SSSR count). The molecule has 7 nitrogen and oxygen atoms in total. The van der Waals surface area contributed by atoms with Crippen LogP contribution in [0.3, 0.4) is 0 Å². The highest BCUT2D eigenvalue weighted by Crippen LogP contribution is 2.35. The lowest BCUT2D eigenvalue weighted by Crippen LogP contribution is -2.10. The van der Waals surface area contributed by atoms with Gasteiger partial charge in [0.05, 0.1) is 23.6 Å². The molecule has 0 atom stereocenters. The summed E-state index contributed by atoms with van der Waals surface area (Å²) in [6, 6.07) is 8.40. The Morgan fingerprint density at radius 2 is 1.86 bits per heavy atom. The highest BCUT2D eigenvalue weighted by molar-refractivity contribution is 5.90. The molecule has 0 aliphatic heterocycles. The third kappa shape index (κ3) is 2.80. The number of halogens is 3. The zero-order chi connectivity index (χ0) is 20.2. The topological polar surface area (TPSA) is 85.2 Å². The number of pyridine rings is 1. The summed E-state index contributed by atoms with van der Waals surface area (Å²) < 4.78 is 41.8. The Morgan fingerprint density at radius 1 is 1.03 bits per heavy atom. The number of para-hydroxylation sites is 1. The lowest BCUT2D eigenvalue weighted by Gasteiger charge is -2.14. The van der Waals surface area contributed by atoms with E-state index in [4.69, 9.17) is 0 Å². The van der Waals surface area contributed by atoms with Crippen molar-refractivity contribution >= 4 is 22.1 Å². The number of aryl methyl sites for hydroxylation is 1. The number of imidazole rings is 1. The summed E-state index contributed by atoms with van der Waals surface area (Å²) in [6.07, 6.45) is -0.698. The van der Waals surface area contributed by atoms with Crippen LogP contribution in [0.5, 0.6) is 0 Å². The maximum absolute atomic E-state index is 13.4. The molecule has 0 aliphatic rings. The molecule has 4 aromatic heterocycles. The SMILES string of the molecule is Cc1nc(-c2cc(C(F)(F)F)cnc2-n2ncc3ccccc32)c2[nH]cnc2n1. The van der Waals surface area contributed by atoms with Gasteiger partial charge in [0, 0.05) is 17.1 Å². The van der Waals surface area contributed by atoms with Crippen molar-refractivity contribution in [2.75, 3.05) is 0 Å². The van der Waals surface area contributed by atoms with Crippen LogP contribution in [0.4, 0.5) is 13.2 Å². The first-order valence-corrected chi connectivity index (χ1v) is 8.60. The Balaban J connectivity index is 1.86. The summed E-state index contributed by atoms with van der Waals surface area (Å²) in [4.78, 5) is 19.7. The van der Waals surface area contributed by atoms with Crippen molar-refractivity contribution in [3.8, 4) is 17.1 Å². The van der Waals surface area contributed by atoms with Crippen LogP contribution in [0.1, 0.15) is 11.4 Å². The average Bonchev–Trinajstić information content (AvgIpc) is 3.33. The molecule has 0 fully saturated rings. The first-order chi connectivity index (χ1) is 13.9. The number of hydrogen-bond donors (Lipinski definition) is 1. The van der Waals surface area contributed by atoms with Crippen LogP contribution in [0, 0.1) is 6.92 Å². The minimum Gasteiger partial charge on any atom is -0.341 e. The molecule has 4 heterocycles. The summed E-state index contributed by atoms with van der Waals surface area (Å²) in [5, 5.41) is 5.18. The minimum absolute atomic E-state index is 0.174. The molecule has 0 spiro atoms. The number of aromatic amines is 1. The van der Waals surface area contributed by atoms with Crippen molar-refractivity contribution in [1.29, 1.82) is 0 Å². The molecule has 10 heteroatoms. The van der Waals surface area contributed by atoms with Gasteiger partial charge in [-0.2, -0.15) is 18.3 Å². The van der Waals surface area contributed by atoms with Crippen LogP contribution in [-0.4, -0.2) is 34.7 Å². The number of nitrogens with zero attached hydrogens (tertiary/aromatic N) is 6. The van der Waals surface area contributed by atoms with Gasteiger partial charge in [0.25, 0.3) is 0 Å². The maximum atomic E-state index is 13.4. The molecule has 0 unspecified atom stereocenters. The fourth-order valence-corrected chi connectivity index (χ4v) is 3.23. The average molecular weight is 395 g/mol. The van der Waals surface area contributed by atoms with Crippen molar-refractivity contribution in [2.45, 2.75) is 13.1 Å². The van der Waals surface area contributed by atoms with E-state index < -0.39 is 11.7 Å². The van der Waals surface area contributed by atoms with Crippen LogP contribution in [0.2, 0.25) is 0 Å². The smallest absolute Gasteiger partial charge is 0.341 e. The van der Waals surface area contributed by atoms with Gasteiger partial charge in [-0.25, -0.2) is 24.6 Å². The van der Waals surface area contributed by atoms with Gasteiger partial charge in [0.2, 0.25) is 0 Å². The lowest BCUT2D eigenvalue weighted by atomic mass is 10.1. The number of fused-ring (bicyclic) bond motifs is 2. The minimum atomic E-state index is -4.55. The molecule has 29 heavy (non-hydrogen) atoms. The molecule has 0 bridgehead atoms. The molecule has 5 aromatic rings.